The maximum absolute atomic E-state index is 12.9. The van der Waals surface area contributed by atoms with Crippen LogP contribution in [0.1, 0.15) is 52.1 Å². The third-order valence-electron chi connectivity index (χ3n) is 4.56. The average molecular weight is 417 g/mol. The van der Waals surface area contributed by atoms with Crippen LogP contribution in [0.15, 0.2) is 40.7 Å². The number of rotatable bonds is 8. The molecule has 156 valence electrons. The molecule has 0 aliphatic carbocycles. The van der Waals surface area contributed by atoms with Gasteiger partial charge in [0.1, 0.15) is 11.8 Å². The molecule has 3 rings (SSSR count). The standard InChI is InChI=1S/C21H28N4O3S/c1-6-7-12-29-21-23-20-22-14(4)17(19(26)28-13(2)3)18(25(20)24-21)15-8-10-16(27-5)11-9-15/h8-11,13,18H,6-7,12H2,1-5H3,(H,22,23,24). The quantitative estimate of drug-likeness (QED) is 0.388. The molecule has 1 atom stereocenters. The molecule has 2 heterocycles. The average Bonchev–Trinajstić information content (AvgIpc) is 3.08. The van der Waals surface area contributed by atoms with Gasteiger partial charge in [0.15, 0.2) is 0 Å². The van der Waals surface area contributed by atoms with Gasteiger partial charge in [-0.2, -0.15) is 4.98 Å². The molecule has 7 nitrogen and oxygen atoms in total. The highest BCUT2D eigenvalue weighted by atomic mass is 32.2. The minimum absolute atomic E-state index is 0.211. The van der Waals surface area contributed by atoms with Gasteiger partial charge in [0, 0.05) is 11.4 Å². The lowest BCUT2D eigenvalue weighted by molar-refractivity contribution is -0.143. The highest BCUT2D eigenvalue weighted by Crippen LogP contribution is 2.37. The molecule has 0 fully saturated rings. The summed E-state index contributed by atoms with van der Waals surface area (Å²) in [7, 11) is 1.63. The fraction of sp³-hybridized carbons (Fsp3) is 0.476. The summed E-state index contributed by atoms with van der Waals surface area (Å²) in [5.41, 5.74) is 2.17. The molecule has 1 N–H and O–H groups in total. The number of hydrogen-bond acceptors (Lipinski definition) is 7. The molecular weight excluding hydrogens is 388 g/mol. The fourth-order valence-electron chi connectivity index (χ4n) is 3.14. The number of benzene rings is 1. The summed E-state index contributed by atoms with van der Waals surface area (Å²) in [5.74, 6) is 1.99. The molecule has 1 aliphatic rings. The monoisotopic (exact) mass is 416 g/mol. The molecule has 1 aromatic heterocycles. The van der Waals surface area contributed by atoms with Gasteiger partial charge in [0.2, 0.25) is 11.1 Å². The number of hydrogen-bond donors (Lipinski definition) is 1. The van der Waals surface area contributed by atoms with Crippen molar-refractivity contribution in [2.45, 2.75) is 57.8 Å². The highest BCUT2D eigenvalue weighted by Gasteiger charge is 2.35. The van der Waals surface area contributed by atoms with Crippen molar-refractivity contribution in [1.29, 1.82) is 0 Å². The van der Waals surface area contributed by atoms with E-state index in [4.69, 9.17) is 14.6 Å². The van der Waals surface area contributed by atoms with Crippen LogP contribution in [-0.2, 0) is 9.53 Å². The second-order valence-electron chi connectivity index (χ2n) is 7.16. The molecule has 1 unspecified atom stereocenters. The molecular formula is C21H28N4O3S. The lowest BCUT2D eigenvalue weighted by Crippen LogP contribution is -2.30. The maximum Gasteiger partial charge on any atom is 0.338 e. The van der Waals surface area contributed by atoms with Gasteiger partial charge < -0.3 is 14.8 Å². The third kappa shape index (κ3) is 4.75. The van der Waals surface area contributed by atoms with Gasteiger partial charge >= 0.3 is 5.97 Å². The number of fused-ring (bicyclic) bond motifs is 1. The van der Waals surface area contributed by atoms with E-state index in [1.807, 2.05) is 45.0 Å². The Balaban J connectivity index is 2.03. The van der Waals surface area contributed by atoms with Crippen LogP contribution in [0.5, 0.6) is 5.75 Å². The van der Waals surface area contributed by atoms with Gasteiger partial charge in [-0.05, 0) is 44.9 Å². The number of carbonyl (C=O) groups excluding carboxylic acids is 1. The molecule has 8 heteroatoms. The normalized spacial score (nSPS) is 15.9. The zero-order valence-electron chi connectivity index (χ0n) is 17.6. The Labute approximate surface area is 175 Å². The Morgan fingerprint density at radius 1 is 1.31 bits per heavy atom. The Morgan fingerprint density at radius 2 is 2.03 bits per heavy atom. The summed E-state index contributed by atoms with van der Waals surface area (Å²) in [4.78, 5) is 17.6. The Hall–Kier alpha value is -2.48. The molecule has 0 radical (unpaired) electrons. The number of esters is 1. The van der Waals surface area contributed by atoms with Crippen LogP contribution in [0.25, 0.3) is 0 Å². The van der Waals surface area contributed by atoms with Crippen LogP contribution in [0.3, 0.4) is 0 Å². The van der Waals surface area contributed by atoms with E-state index >= 15 is 0 Å². The van der Waals surface area contributed by atoms with E-state index in [1.54, 1.807) is 23.6 Å². The van der Waals surface area contributed by atoms with Gasteiger partial charge in [0.05, 0.1) is 18.8 Å². The molecule has 29 heavy (non-hydrogen) atoms. The topological polar surface area (TPSA) is 78.3 Å². The maximum atomic E-state index is 12.9. The molecule has 1 aliphatic heterocycles. The third-order valence-corrected chi connectivity index (χ3v) is 5.48. The number of aromatic nitrogens is 3. The Morgan fingerprint density at radius 3 is 2.66 bits per heavy atom. The van der Waals surface area contributed by atoms with E-state index < -0.39 is 6.04 Å². The van der Waals surface area contributed by atoms with Gasteiger partial charge in [-0.15, -0.1) is 5.10 Å². The van der Waals surface area contributed by atoms with E-state index in [-0.39, 0.29) is 12.1 Å². The van der Waals surface area contributed by atoms with E-state index in [0.29, 0.717) is 16.7 Å². The minimum Gasteiger partial charge on any atom is -0.497 e. The molecule has 0 spiro atoms. The van der Waals surface area contributed by atoms with Gasteiger partial charge in [-0.1, -0.05) is 37.2 Å². The fourth-order valence-corrected chi connectivity index (χ4v) is 4.05. The lowest BCUT2D eigenvalue weighted by atomic mass is 9.95. The highest BCUT2D eigenvalue weighted by molar-refractivity contribution is 7.99. The second kappa shape index (κ2) is 9.35. The number of carbonyl (C=O) groups is 1. The number of nitrogens with zero attached hydrogens (tertiary/aromatic N) is 3. The summed E-state index contributed by atoms with van der Waals surface area (Å²) >= 11 is 1.63. The Bertz CT molecular complexity index is 890. The van der Waals surface area contributed by atoms with Crippen molar-refractivity contribution in [3.8, 4) is 5.75 Å². The summed E-state index contributed by atoms with van der Waals surface area (Å²) in [6, 6.07) is 7.23. The number of anilines is 1. The zero-order chi connectivity index (χ0) is 21.0. The predicted molar refractivity (Wildman–Crippen MR) is 114 cm³/mol. The minimum atomic E-state index is -0.420. The van der Waals surface area contributed by atoms with Crippen LogP contribution < -0.4 is 10.1 Å². The van der Waals surface area contributed by atoms with Crippen molar-refractivity contribution in [3.05, 3.63) is 41.1 Å². The smallest absolute Gasteiger partial charge is 0.338 e. The summed E-state index contributed by atoms with van der Waals surface area (Å²) < 4.78 is 12.6. The van der Waals surface area contributed by atoms with E-state index in [0.717, 1.165) is 35.6 Å². The summed E-state index contributed by atoms with van der Waals surface area (Å²) in [6.45, 7) is 7.72. The van der Waals surface area contributed by atoms with Crippen LogP contribution >= 0.6 is 11.8 Å². The van der Waals surface area contributed by atoms with Gasteiger partial charge in [-0.25, -0.2) is 9.48 Å². The number of thioether (sulfide) groups is 1. The molecule has 0 bridgehead atoms. The Kier molecular flexibility index (Phi) is 6.84. The SMILES string of the molecule is CCCCSc1nc2n(n1)C(c1ccc(OC)cc1)C(C(=O)OC(C)C)=C(C)N2. The first-order valence-corrected chi connectivity index (χ1v) is 10.8. The van der Waals surface area contributed by atoms with Crippen molar-refractivity contribution in [1.82, 2.24) is 14.8 Å². The summed E-state index contributed by atoms with van der Waals surface area (Å²) in [6.07, 6.45) is 2.02. The molecule has 0 saturated carbocycles. The van der Waals surface area contributed by atoms with Gasteiger partial charge in [-0.3, -0.25) is 0 Å². The molecule has 0 saturated heterocycles. The number of allylic oxidation sites excluding steroid dienone is 1. The number of ether oxygens (including phenoxy) is 2. The van der Waals surface area contributed by atoms with Crippen LogP contribution in [0, 0.1) is 0 Å². The predicted octanol–water partition coefficient (Wildman–Crippen LogP) is 4.42. The second-order valence-corrected chi connectivity index (χ2v) is 8.22. The first-order chi connectivity index (χ1) is 13.9. The summed E-state index contributed by atoms with van der Waals surface area (Å²) in [5, 5.41) is 8.63. The van der Waals surface area contributed by atoms with E-state index in [2.05, 4.69) is 17.2 Å². The number of unbranched alkanes of at least 4 members (excludes halogenated alkanes) is 1. The molecule has 0 amide bonds. The number of methoxy groups -OCH3 is 1. The lowest BCUT2D eigenvalue weighted by Gasteiger charge is -2.28. The van der Waals surface area contributed by atoms with Crippen LogP contribution in [0.2, 0.25) is 0 Å². The van der Waals surface area contributed by atoms with E-state index in [1.165, 1.54) is 0 Å². The van der Waals surface area contributed by atoms with Crippen LogP contribution in [0.4, 0.5) is 5.95 Å². The zero-order valence-corrected chi connectivity index (χ0v) is 18.4. The first-order valence-electron chi connectivity index (χ1n) is 9.86. The van der Waals surface area contributed by atoms with Gasteiger partial charge in [0.25, 0.3) is 0 Å². The largest absolute Gasteiger partial charge is 0.497 e. The molecule has 1 aromatic carbocycles. The van der Waals surface area contributed by atoms with Crippen molar-refractivity contribution in [3.63, 3.8) is 0 Å². The molecule has 2 aromatic rings. The van der Waals surface area contributed by atoms with Crippen molar-refractivity contribution >= 4 is 23.7 Å². The van der Waals surface area contributed by atoms with E-state index in [9.17, 15) is 4.79 Å². The van der Waals surface area contributed by atoms with Crippen LogP contribution in [-0.4, -0.2) is 39.7 Å². The first kappa shape index (κ1) is 21.2. The van der Waals surface area contributed by atoms with Crippen molar-refractivity contribution in [2.24, 2.45) is 0 Å². The number of nitrogens with one attached hydrogen (secondary N) is 1. The van der Waals surface area contributed by atoms with Crippen molar-refractivity contribution < 1.29 is 14.3 Å². The van der Waals surface area contributed by atoms with Crippen molar-refractivity contribution in [2.75, 3.05) is 18.2 Å².